The molecule has 0 saturated heterocycles. The molecule has 0 saturated carbocycles. The van der Waals surface area contributed by atoms with Gasteiger partial charge < -0.3 is 10.0 Å². The number of nitrogens with zero attached hydrogens (tertiary/aromatic N) is 1. The second kappa shape index (κ2) is 4.89. The Bertz CT molecular complexity index is 294. The van der Waals surface area contributed by atoms with Crippen LogP contribution in [0.3, 0.4) is 0 Å². The first-order valence-corrected chi connectivity index (χ1v) is 5.14. The van der Waals surface area contributed by atoms with E-state index in [9.17, 15) is 5.11 Å². The molecule has 1 N–H and O–H groups in total. The van der Waals surface area contributed by atoms with Crippen LogP contribution in [0.4, 0.5) is 5.69 Å². The Hall–Kier alpha value is -1.18. The number of aryl methyl sites for hydroxylation is 1. The maximum atomic E-state index is 9.59. The van der Waals surface area contributed by atoms with Gasteiger partial charge in [0.2, 0.25) is 0 Å². The zero-order chi connectivity index (χ0) is 10.6. The van der Waals surface area contributed by atoms with Crippen LogP contribution in [0, 0.1) is 0 Å². The number of benzene rings is 1. The number of hydrogen-bond donors (Lipinski definition) is 1. The minimum atomic E-state index is 0.357. The molecule has 0 atom stereocenters. The molecular formula is C12H19NO. The van der Waals surface area contributed by atoms with Gasteiger partial charge in [0.05, 0.1) is 5.69 Å². The third kappa shape index (κ3) is 2.66. The van der Waals surface area contributed by atoms with Crippen molar-refractivity contribution < 1.29 is 5.11 Å². The lowest BCUT2D eigenvalue weighted by atomic mass is 10.1. The van der Waals surface area contributed by atoms with Crippen molar-refractivity contribution in [2.24, 2.45) is 0 Å². The largest absolute Gasteiger partial charge is 0.506 e. The fourth-order valence-corrected chi connectivity index (χ4v) is 1.46. The Labute approximate surface area is 86.2 Å². The number of unbranched alkanes of at least 4 members (excludes halogenated alkanes) is 1. The van der Waals surface area contributed by atoms with Gasteiger partial charge in [0.25, 0.3) is 0 Å². The van der Waals surface area contributed by atoms with Crippen LogP contribution in [0.5, 0.6) is 5.75 Å². The van der Waals surface area contributed by atoms with E-state index in [1.807, 2.05) is 25.1 Å². The summed E-state index contributed by atoms with van der Waals surface area (Å²) in [4.78, 5) is 1.94. The Morgan fingerprint density at radius 2 is 2.00 bits per heavy atom. The third-order valence-corrected chi connectivity index (χ3v) is 2.34. The van der Waals surface area contributed by atoms with Crippen LogP contribution in [0.15, 0.2) is 18.2 Å². The molecule has 0 spiro atoms. The van der Waals surface area contributed by atoms with Gasteiger partial charge in [-0.25, -0.2) is 0 Å². The zero-order valence-electron chi connectivity index (χ0n) is 9.25. The molecule has 1 aromatic carbocycles. The SMILES string of the molecule is CCCCc1ccc(O)c(N(C)C)c1. The maximum absolute atomic E-state index is 9.59. The molecule has 2 heteroatoms. The van der Waals surface area contributed by atoms with Crippen LogP contribution in [0.1, 0.15) is 25.3 Å². The van der Waals surface area contributed by atoms with E-state index in [1.54, 1.807) is 6.07 Å². The first kappa shape index (κ1) is 10.9. The van der Waals surface area contributed by atoms with Gasteiger partial charge in [-0.1, -0.05) is 19.4 Å². The van der Waals surface area contributed by atoms with E-state index in [0.29, 0.717) is 5.75 Å². The van der Waals surface area contributed by atoms with Crippen LogP contribution in [0.2, 0.25) is 0 Å². The van der Waals surface area contributed by atoms with Crippen molar-refractivity contribution in [3.8, 4) is 5.75 Å². The van der Waals surface area contributed by atoms with Crippen molar-refractivity contribution in [1.82, 2.24) is 0 Å². The summed E-state index contributed by atoms with van der Waals surface area (Å²) in [6, 6.07) is 5.84. The molecule has 0 amide bonds. The smallest absolute Gasteiger partial charge is 0.138 e. The summed E-state index contributed by atoms with van der Waals surface area (Å²) in [7, 11) is 3.89. The third-order valence-electron chi connectivity index (χ3n) is 2.34. The molecule has 0 unspecified atom stereocenters. The zero-order valence-corrected chi connectivity index (χ0v) is 9.25. The Balaban J connectivity index is 2.83. The molecule has 1 aromatic rings. The Morgan fingerprint density at radius 1 is 1.29 bits per heavy atom. The second-order valence-corrected chi connectivity index (χ2v) is 3.82. The summed E-state index contributed by atoms with van der Waals surface area (Å²) in [6.07, 6.45) is 3.51. The molecule has 0 radical (unpaired) electrons. The molecular weight excluding hydrogens is 174 g/mol. The van der Waals surface area contributed by atoms with Gasteiger partial charge in [0.1, 0.15) is 5.75 Å². The highest BCUT2D eigenvalue weighted by Crippen LogP contribution is 2.26. The highest BCUT2D eigenvalue weighted by Gasteiger charge is 2.03. The van der Waals surface area contributed by atoms with Crippen molar-refractivity contribution in [2.75, 3.05) is 19.0 Å². The number of anilines is 1. The van der Waals surface area contributed by atoms with Gasteiger partial charge in [-0.15, -0.1) is 0 Å². The van der Waals surface area contributed by atoms with E-state index in [-0.39, 0.29) is 0 Å². The number of hydrogen-bond acceptors (Lipinski definition) is 2. The lowest BCUT2D eigenvalue weighted by Gasteiger charge is -2.15. The first-order chi connectivity index (χ1) is 6.65. The predicted octanol–water partition coefficient (Wildman–Crippen LogP) is 2.80. The second-order valence-electron chi connectivity index (χ2n) is 3.82. The summed E-state index contributed by atoms with van der Waals surface area (Å²) >= 11 is 0. The molecule has 0 aliphatic heterocycles. The van der Waals surface area contributed by atoms with Crippen LogP contribution < -0.4 is 4.90 Å². The molecule has 0 fully saturated rings. The van der Waals surface area contributed by atoms with Gasteiger partial charge in [-0.05, 0) is 30.5 Å². The highest BCUT2D eigenvalue weighted by molar-refractivity contribution is 5.58. The molecule has 0 bridgehead atoms. The number of phenolic OH excluding ortho intramolecular Hbond substituents is 1. The van der Waals surface area contributed by atoms with E-state index in [4.69, 9.17) is 0 Å². The van der Waals surface area contributed by atoms with Gasteiger partial charge in [0, 0.05) is 14.1 Å². The maximum Gasteiger partial charge on any atom is 0.138 e. The molecule has 2 nitrogen and oxygen atoms in total. The van der Waals surface area contributed by atoms with Gasteiger partial charge in [-0.2, -0.15) is 0 Å². The van der Waals surface area contributed by atoms with Crippen molar-refractivity contribution in [3.63, 3.8) is 0 Å². The van der Waals surface area contributed by atoms with E-state index in [0.717, 1.165) is 12.1 Å². The molecule has 14 heavy (non-hydrogen) atoms. The van der Waals surface area contributed by atoms with Crippen molar-refractivity contribution in [1.29, 1.82) is 0 Å². The van der Waals surface area contributed by atoms with Crippen LogP contribution >= 0.6 is 0 Å². The van der Waals surface area contributed by atoms with Crippen molar-refractivity contribution >= 4 is 5.69 Å². The summed E-state index contributed by atoms with van der Waals surface area (Å²) in [5, 5.41) is 9.59. The number of rotatable bonds is 4. The quantitative estimate of drug-likeness (QED) is 0.794. The Morgan fingerprint density at radius 3 is 2.57 bits per heavy atom. The molecule has 0 aromatic heterocycles. The molecule has 0 aliphatic rings. The van der Waals surface area contributed by atoms with E-state index in [1.165, 1.54) is 18.4 Å². The van der Waals surface area contributed by atoms with Crippen LogP contribution in [0.25, 0.3) is 0 Å². The summed E-state index contributed by atoms with van der Waals surface area (Å²) < 4.78 is 0. The standard InChI is InChI=1S/C12H19NO/c1-4-5-6-10-7-8-12(14)11(9-10)13(2)3/h7-9,14H,4-6H2,1-3H3. The van der Waals surface area contributed by atoms with Crippen LogP contribution in [-0.4, -0.2) is 19.2 Å². The molecule has 0 heterocycles. The van der Waals surface area contributed by atoms with Crippen molar-refractivity contribution in [2.45, 2.75) is 26.2 Å². The fraction of sp³-hybridized carbons (Fsp3) is 0.500. The summed E-state index contributed by atoms with van der Waals surface area (Å²) in [6.45, 7) is 2.19. The predicted molar refractivity (Wildman–Crippen MR) is 61.0 cm³/mol. The topological polar surface area (TPSA) is 23.5 Å². The fourth-order valence-electron chi connectivity index (χ4n) is 1.46. The normalized spacial score (nSPS) is 10.2. The average molecular weight is 193 g/mol. The lowest BCUT2D eigenvalue weighted by molar-refractivity contribution is 0.475. The van der Waals surface area contributed by atoms with Gasteiger partial charge >= 0.3 is 0 Å². The lowest BCUT2D eigenvalue weighted by Crippen LogP contribution is -2.09. The van der Waals surface area contributed by atoms with Gasteiger partial charge in [-0.3, -0.25) is 0 Å². The number of aromatic hydroxyl groups is 1. The first-order valence-electron chi connectivity index (χ1n) is 5.14. The van der Waals surface area contributed by atoms with E-state index < -0.39 is 0 Å². The molecule has 78 valence electrons. The van der Waals surface area contributed by atoms with Crippen molar-refractivity contribution in [3.05, 3.63) is 23.8 Å². The average Bonchev–Trinajstić information content (AvgIpc) is 2.16. The number of phenols is 1. The minimum absolute atomic E-state index is 0.357. The van der Waals surface area contributed by atoms with E-state index >= 15 is 0 Å². The summed E-state index contributed by atoms with van der Waals surface area (Å²) in [5.41, 5.74) is 2.20. The summed E-state index contributed by atoms with van der Waals surface area (Å²) in [5.74, 6) is 0.357. The van der Waals surface area contributed by atoms with E-state index in [2.05, 4.69) is 13.0 Å². The Kier molecular flexibility index (Phi) is 3.81. The molecule has 1 rings (SSSR count). The monoisotopic (exact) mass is 193 g/mol. The minimum Gasteiger partial charge on any atom is -0.506 e. The molecule has 0 aliphatic carbocycles. The van der Waals surface area contributed by atoms with Crippen LogP contribution in [-0.2, 0) is 6.42 Å². The highest BCUT2D eigenvalue weighted by atomic mass is 16.3. The van der Waals surface area contributed by atoms with Gasteiger partial charge in [0.15, 0.2) is 0 Å².